The van der Waals surface area contributed by atoms with Gasteiger partial charge in [-0.05, 0) is 68.5 Å². The Morgan fingerprint density at radius 2 is 1.51 bits per heavy atom. The number of nitrogens with zero attached hydrogens (tertiary/aromatic N) is 1. The van der Waals surface area contributed by atoms with Gasteiger partial charge in [0.05, 0.1) is 11.5 Å². The van der Waals surface area contributed by atoms with Crippen LogP contribution in [0, 0.1) is 12.8 Å². The predicted octanol–water partition coefficient (Wildman–Crippen LogP) is 4.72. The molecule has 3 atom stereocenters. The normalized spacial score (nSPS) is 22.3. The second kappa shape index (κ2) is 11.4. The van der Waals surface area contributed by atoms with E-state index in [1.54, 1.807) is 6.07 Å². The van der Waals surface area contributed by atoms with Gasteiger partial charge in [0.2, 0.25) is 5.91 Å². The molecule has 1 heterocycles. The number of likely N-dealkylation sites (tertiary alicyclic amines) is 1. The Labute approximate surface area is 214 Å². The van der Waals surface area contributed by atoms with Crippen molar-refractivity contribution in [3.8, 4) is 0 Å². The monoisotopic (exact) mass is 515 g/mol. The molecule has 2 aliphatic rings. The highest BCUT2D eigenvalue weighted by atomic mass is 19.4. The number of aryl methyl sites for hydroxylation is 1. The van der Waals surface area contributed by atoms with E-state index < -0.39 is 17.7 Å². The number of alkyl halides is 3. The average molecular weight is 516 g/mol. The summed E-state index contributed by atoms with van der Waals surface area (Å²) in [5.41, 5.74) is 0.857. The number of carbonyl (C=O) groups is 3. The number of hydrogen-bond donors (Lipinski definition) is 2. The van der Waals surface area contributed by atoms with Crippen molar-refractivity contribution in [2.45, 2.75) is 63.7 Å². The summed E-state index contributed by atoms with van der Waals surface area (Å²) in [6.45, 7) is 2.54. The smallest absolute Gasteiger partial charge is 0.351 e. The van der Waals surface area contributed by atoms with E-state index in [1.165, 1.54) is 17.0 Å². The first-order valence-electron chi connectivity index (χ1n) is 12.8. The first kappa shape index (κ1) is 26.7. The summed E-state index contributed by atoms with van der Waals surface area (Å²) in [5.74, 6) is -1.11. The number of halogens is 3. The number of hydrogen-bond acceptors (Lipinski definition) is 3. The van der Waals surface area contributed by atoms with E-state index in [2.05, 4.69) is 10.6 Å². The van der Waals surface area contributed by atoms with Crippen LogP contribution in [0.3, 0.4) is 0 Å². The average Bonchev–Trinajstić information content (AvgIpc) is 2.89. The zero-order chi connectivity index (χ0) is 26.6. The molecule has 198 valence electrons. The molecule has 0 bridgehead atoms. The third kappa shape index (κ3) is 6.50. The highest BCUT2D eigenvalue weighted by Gasteiger charge is 2.34. The van der Waals surface area contributed by atoms with Crippen molar-refractivity contribution < 1.29 is 27.6 Å². The van der Waals surface area contributed by atoms with E-state index in [1.807, 2.05) is 25.1 Å². The van der Waals surface area contributed by atoms with Crippen LogP contribution in [0.1, 0.15) is 70.4 Å². The van der Waals surface area contributed by atoms with Gasteiger partial charge in [-0.1, -0.05) is 31.0 Å². The minimum atomic E-state index is -4.47. The molecule has 0 radical (unpaired) electrons. The van der Waals surface area contributed by atoms with Crippen LogP contribution in [-0.4, -0.2) is 47.8 Å². The maximum Gasteiger partial charge on any atom is 0.416 e. The SMILES string of the molecule is Cc1ccccc1C(=O)N[C@@H]1CCCC[C@H]1NC(=O)[C@@H]1CCCN(C(=O)c2ccc(C(F)(F)F)cc2)C1. The number of carbonyl (C=O) groups excluding carboxylic acids is 3. The Kier molecular flexibility index (Phi) is 8.19. The molecule has 2 aromatic rings. The van der Waals surface area contributed by atoms with Crippen molar-refractivity contribution in [3.63, 3.8) is 0 Å². The van der Waals surface area contributed by atoms with Crippen molar-refractivity contribution in [1.82, 2.24) is 15.5 Å². The van der Waals surface area contributed by atoms with Gasteiger partial charge in [0.15, 0.2) is 0 Å². The summed E-state index contributed by atoms with van der Waals surface area (Å²) in [7, 11) is 0. The summed E-state index contributed by atoms with van der Waals surface area (Å²) in [5, 5.41) is 6.22. The highest BCUT2D eigenvalue weighted by Crippen LogP contribution is 2.29. The zero-order valence-electron chi connectivity index (χ0n) is 20.8. The summed E-state index contributed by atoms with van der Waals surface area (Å²) in [6.07, 6.45) is 0.219. The third-order valence-electron chi connectivity index (χ3n) is 7.34. The second-order valence-corrected chi connectivity index (χ2v) is 9.96. The van der Waals surface area contributed by atoms with E-state index in [0.29, 0.717) is 24.9 Å². The summed E-state index contributed by atoms with van der Waals surface area (Å²) in [4.78, 5) is 40.5. The molecule has 0 spiro atoms. The van der Waals surface area contributed by atoms with Gasteiger partial charge in [-0.15, -0.1) is 0 Å². The molecular formula is C28H32F3N3O3. The summed E-state index contributed by atoms with van der Waals surface area (Å²) >= 11 is 0. The highest BCUT2D eigenvalue weighted by molar-refractivity contribution is 5.96. The summed E-state index contributed by atoms with van der Waals surface area (Å²) < 4.78 is 38.5. The Balaban J connectivity index is 1.37. The van der Waals surface area contributed by atoms with Crippen molar-refractivity contribution in [1.29, 1.82) is 0 Å². The molecule has 4 rings (SSSR count). The Morgan fingerprint density at radius 3 is 2.16 bits per heavy atom. The Bertz CT molecular complexity index is 1130. The van der Waals surface area contributed by atoms with Gasteiger partial charge in [0.1, 0.15) is 0 Å². The number of piperidine rings is 1. The molecule has 2 aromatic carbocycles. The standard InChI is InChI=1S/C28H32F3N3O3/c1-18-7-2-3-9-22(18)26(36)33-24-11-5-4-10-23(24)32-25(35)20-8-6-16-34(17-20)27(37)19-12-14-21(15-13-19)28(29,30)31/h2-3,7,9,12-15,20,23-24H,4-6,8,10-11,16-17H2,1H3,(H,32,35)(H,33,36)/t20-,23-,24-/m1/s1. The molecule has 1 saturated heterocycles. The fraction of sp³-hybridized carbons (Fsp3) is 0.464. The van der Waals surface area contributed by atoms with Crippen molar-refractivity contribution in [2.24, 2.45) is 5.92 Å². The number of nitrogens with one attached hydrogen (secondary N) is 2. The van der Waals surface area contributed by atoms with Crippen LogP contribution in [0.2, 0.25) is 0 Å². The first-order chi connectivity index (χ1) is 17.6. The van der Waals surface area contributed by atoms with Crippen molar-refractivity contribution >= 4 is 17.7 Å². The number of amides is 3. The van der Waals surface area contributed by atoms with Gasteiger partial charge in [0, 0.05) is 36.3 Å². The maximum absolute atomic E-state index is 13.2. The van der Waals surface area contributed by atoms with Gasteiger partial charge in [-0.2, -0.15) is 13.2 Å². The van der Waals surface area contributed by atoms with Crippen molar-refractivity contribution in [3.05, 3.63) is 70.8 Å². The van der Waals surface area contributed by atoms with Gasteiger partial charge < -0.3 is 15.5 Å². The molecule has 0 unspecified atom stereocenters. The molecule has 9 heteroatoms. The van der Waals surface area contributed by atoms with Crippen LogP contribution >= 0.6 is 0 Å². The minimum absolute atomic E-state index is 0.157. The van der Waals surface area contributed by atoms with Crippen LogP contribution < -0.4 is 10.6 Å². The molecule has 1 saturated carbocycles. The Hall–Kier alpha value is -3.36. The molecular weight excluding hydrogens is 483 g/mol. The first-order valence-corrected chi connectivity index (χ1v) is 12.8. The van der Waals surface area contributed by atoms with Crippen molar-refractivity contribution in [2.75, 3.05) is 13.1 Å². The number of rotatable bonds is 5. The largest absolute Gasteiger partial charge is 0.416 e. The number of benzene rings is 2. The lowest BCUT2D eigenvalue weighted by Gasteiger charge is -2.36. The molecule has 0 aromatic heterocycles. The van der Waals surface area contributed by atoms with Gasteiger partial charge >= 0.3 is 6.18 Å². The van der Waals surface area contributed by atoms with Crippen LogP contribution in [0.25, 0.3) is 0 Å². The lowest BCUT2D eigenvalue weighted by molar-refractivity contribution is -0.137. The van der Waals surface area contributed by atoms with Gasteiger partial charge in [0.25, 0.3) is 11.8 Å². The van der Waals surface area contributed by atoms with Gasteiger partial charge in [-0.25, -0.2) is 0 Å². The van der Waals surface area contributed by atoms with Crippen LogP contribution in [0.5, 0.6) is 0 Å². The molecule has 3 amide bonds. The van der Waals surface area contributed by atoms with Crippen LogP contribution in [0.15, 0.2) is 48.5 Å². The van der Waals surface area contributed by atoms with E-state index >= 15 is 0 Å². The second-order valence-electron chi connectivity index (χ2n) is 9.96. The molecule has 1 aliphatic heterocycles. The fourth-order valence-corrected chi connectivity index (χ4v) is 5.21. The van der Waals surface area contributed by atoms with E-state index in [4.69, 9.17) is 0 Å². The molecule has 1 aliphatic carbocycles. The topological polar surface area (TPSA) is 78.5 Å². The lowest BCUT2D eigenvalue weighted by atomic mass is 9.88. The third-order valence-corrected chi connectivity index (χ3v) is 7.34. The molecule has 2 fully saturated rings. The maximum atomic E-state index is 13.2. The van der Waals surface area contributed by atoms with Crippen LogP contribution in [0.4, 0.5) is 13.2 Å². The minimum Gasteiger partial charge on any atom is -0.351 e. The van der Waals surface area contributed by atoms with E-state index in [-0.39, 0.29) is 41.9 Å². The zero-order valence-corrected chi connectivity index (χ0v) is 20.8. The fourth-order valence-electron chi connectivity index (χ4n) is 5.21. The molecule has 6 nitrogen and oxygen atoms in total. The predicted molar refractivity (Wildman–Crippen MR) is 133 cm³/mol. The van der Waals surface area contributed by atoms with Gasteiger partial charge in [-0.3, -0.25) is 14.4 Å². The molecule has 2 N–H and O–H groups in total. The van der Waals surface area contributed by atoms with Crippen LogP contribution in [-0.2, 0) is 11.0 Å². The van der Waals surface area contributed by atoms with E-state index in [9.17, 15) is 27.6 Å². The molecule has 37 heavy (non-hydrogen) atoms. The quantitative estimate of drug-likeness (QED) is 0.605. The summed E-state index contributed by atoms with van der Waals surface area (Å²) in [6, 6.07) is 11.1. The van der Waals surface area contributed by atoms with E-state index in [0.717, 1.165) is 43.4 Å². The lowest BCUT2D eigenvalue weighted by Crippen LogP contribution is -2.55. The Morgan fingerprint density at radius 1 is 0.865 bits per heavy atom.